The Morgan fingerprint density at radius 1 is 1.39 bits per heavy atom. The van der Waals surface area contributed by atoms with Crippen molar-refractivity contribution in [1.82, 2.24) is 9.62 Å². The van der Waals surface area contributed by atoms with Crippen LogP contribution in [0.5, 0.6) is 0 Å². The number of esters is 1. The summed E-state index contributed by atoms with van der Waals surface area (Å²) < 4.78 is 31.9. The van der Waals surface area contributed by atoms with E-state index in [4.69, 9.17) is 0 Å². The Balaban J connectivity index is 0.00000264. The van der Waals surface area contributed by atoms with Crippen LogP contribution in [0.25, 0.3) is 0 Å². The van der Waals surface area contributed by atoms with Gasteiger partial charge in [0.25, 0.3) is 0 Å². The van der Waals surface area contributed by atoms with Crippen LogP contribution in [-0.2, 0) is 14.8 Å². The molecule has 1 heterocycles. The summed E-state index contributed by atoms with van der Waals surface area (Å²) >= 11 is 0. The maximum atomic E-state index is 12.9. The minimum Gasteiger partial charge on any atom is -0.465 e. The van der Waals surface area contributed by atoms with Crippen molar-refractivity contribution in [2.75, 3.05) is 27.2 Å². The van der Waals surface area contributed by atoms with Crippen molar-refractivity contribution in [3.05, 3.63) is 29.3 Å². The highest BCUT2D eigenvalue weighted by Gasteiger charge is 2.31. The normalized spacial score (nSPS) is 19.0. The molecule has 0 spiro atoms. The predicted octanol–water partition coefficient (Wildman–Crippen LogP) is 1.58. The van der Waals surface area contributed by atoms with Crippen molar-refractivity contribution in [3.8, 4) is 0 Å². The van der Waals surface area contributed by atoms with Gasteiger partial charge in [-0.25, -0.2) is 13.2 Å². The molecule has 1 unspecified atom stereocenters. The molecule has 1 saturated heterocycles. The second-order valence-corrected chi connectivity index (χ2v) is 7.37. The Morgan fingerprint density at radius 3 is 2.70 bits per heavy atom. The third kappa shape index (κ3) is 4.23. The lowest BCUT2D eigenvalue weighted by atomic mass is 10.1. The number of aryl methyl sites for hydroxylation is 1. The predicted molar refractivity (Wildman–Crippen MR) is 90.6 cm³/mol. The van der Waals surface area contributed by atoms with Crippen LogP contribution in [-0.4, -0.2) is 52.0 Å². The molecule has 1 fully saturated rings. The lowest BCUT2D eigenvalue weighted by molar-refractivity contribution is 0.0600. The van der Waals surface area contributed by atoms with E-state index in [9.17, 15) is 13.2 Å². The molecular weight excluding hydrogens is 340 g/mol. The summed E-state index contributed by atoms with van der Waals surface area (Å²) in [6, 6.07) is 4.78. The number of nitrogens with one attached hydrogen (secondary N) is 1. The molecule has 1 aromatic rings. The fourth-order valence-electron chi connectivity index (χ4n) is 2.66. The third-order valence-electron chi connectivity index (χ3n) is 4.02. The van der Waals surface area contributed by atoms with E-state index < -0.39 is 16.0 Å². The Kier molecular flexibility index (Phi) is 7.01. The SMILES string of the molecule is CNC1CCCN(S(=O)(=O)c2cc(C(=O)OC)ccc2C)C1.Cl. The van der Waals surface area contributed by atoms with Crippen LogP contribution in [0.15, 0.2) is 23.1 Å². The number of halogens is 1. The van der Waals surface area contributed by atoms with Crippen LogP contribution < -0.4 is 5.32 Å². The van der Waals surface area contributed by atoms with Crippen LogP contribution in [0.1, 0.15) is 28.8 Å². The van der Waals surface area contributed by atoms with Crippen LogP contribution >= 0.6 is 12.4 Å². The van der Waals surface area contributed by atoms with Crippen LogP contribution in [0.4, 0.5) is 0 Å². The number of hydrogen-bond donors (Lipinski definition) is 1. The molecule has 1 atom stereocenters. The van der Waals surface area contributed by atoms with E-state index in [1.54, 1.807) is 19.1 Å². The zero-order chi connectivity index (χ0) is 16.3. The first-order valence-electron chi connectivity index (χ1n) is 7.26. The van der Waals surface area contributed by atoms with E-state index in [0.717, 1.165) is 12.8 Å². The van der Waals surface area contributed by atoms with Crippen LogP contribution in [0.2, 0.25) is 0 Å². The average molecular weight is 363 g/mol. The molecule has 1 aromatic carbocycles. The number of nitrogens with zero attached hydrogens (tertiary/aromatic N) is 1. The lowest BCUT2D eigenvalue weighted by Crippen LogP contribution is -2.47. The number of rotatable bonds is 4. The summed E-state index contributed by atoms with van der Waals surface area (Å²) in [5.74, 6) is -0.539. The van der Waals surface area contributed by atoms with Gasteiger partial charge >= 0.3 is 5.97 Å². The monoisotopic (exact) mass is 362 g/mol. The maximum Gasteiger partial charge on any atom is 0.337 e. The van der Waals surface area contributed by atoms with Crippen molar-refractivity contribution in [3.63, 3.8) is 0 Å². The van der Waals surface area contributed by atoms with Crippen LogP contribution in [0, 0.1) is 6.92 Å². The van der Waals surface area contributed by atoms with Gasteiger partial charge in [-0.05, 0) is 44.5 Å². The number of likely N-dealkylation sites (N-methyl/N-ethyl adjacent to an activating group) is 1. The molecule has 1 aliphatic rings. The van der Waals surface area contributed by atoms with Gasteiger partial charge in [-0.15, -0.1) is 12.4 Å². The van der Waals surface area contributed by atoms with E-state index in [1.807, 2.05) is 7.05 Å². The Hall–Kier alpha value is -1.15. The fraction of sp³-hybridized carbons (Fsp3) is 0.533. The van der Waals surface area contributed by atoms with Crippen molar-refractivity contribution < 1.29 is 17.9 Å². The van der Waals surface area contributed by atoms with Gasteiger partial charge < -0.3 is 10.1 Å². The summed E-state index contributed by atoms with van der Waals surface area (Å²) in [4.78, 5) is 11.8. The Bertz CT molecular complexity index is 663. The molecule has 0 bridgehead atoms. The summed E-state index contributed by atoms with van der Waals surface area (Å²) in [6.07, 6.45) is 1.78. The first-order valence-corrected chi connectivity index (χ1v) is 8.70. The Labute approximate surface area is 143 Å². The first kappa shape index (κ1) is 19.9. The number of methoxy groups -OCH3 is 1. The standard InChI is InChI=1S/C15H22N2O4S.ClH/c1-11-6-7-12(15(18)21-3)9-14(11)22(19,20)17-8-4-5-13(10-17)16-2;/h6-7,9,13,16H,4-5,8,10H2,1-3H3;1H. The summed E-state index contributed by atoms with van der Waals surface area (Å²) in [7, 11) is -0.501. The summed E-state index contributed by atoms with van der Waals surface area (Å²) in [6.45, 7) is 2.68. The van der Waals surface area contributed by atoms with Gasteiger partial charge in [0.2, 0.25) is 10.0 Å². The van der Waals surface area contributed by atoms with Crippen molar-refractivity contribution >= 4 is 28.4 Å². The van der Waals surface area contributed by atoms with E-state index in [-0.39, 0.29) is 28.9 Å². The topological polar surface area (TPSA) is 75.7 Å². The van der Waals surface area contributed by atoms with Gasteiger partial charge in [0.05, 0.1) is 17.6 Å². The van der Waals surface area contributed by atoms with Gasteiger partial charge in [-0.1, -0.05) is 6.07 Å². The zero-order valence-electron chi connectivity index (χ0n) is 13.5. The molecule has 23 heavy (non-hydrogen) atoms. The molecule has 0 aromatic heterocycles. The number of benzene rings is 1. The van der Waals surface area contributed by atoms with Gasteiger partial charge in [-0.3, -0.25) is 0 Å². The molecule has 2 rings (SSSR count). The number of ether oxygens (including phenoxy) is 1. The van der Waals surface area contributed by atoms with E-state index in [1.165, 1.54) is 17.5 Å². The summed E-state index contributed by atoms with van der Waals surface area (Å²) in [5, 5.41) is 3.13. The summed E-state index contributed by atoms with van der Waals surface area (Å²) in [5.41, 5.74) is 0.869. The van der Waals surface area contributed by atoms with Crippen LogP contribution in [0.3, 0.4) is 0 Å². The molecule has 1 N–H and O–H groups in total. The second-order valence-electron chi connectivity index (χ2n) is 5.46. The highest BCUT2D eigenvalue weighted by Crippen LogP contribution is 2.24. The van der Waals surface area contributed by atoms with Crippen molar-refractivity contribution in [2.45, 2.75) is 30.7 Å². The maximum absolute atomic E-state index is 12.9. The van der Waals surface area contributed by atoms with Crippen molar-refractivity contribution in [2.24, 2.45) is 0 Å². The number of hydrogen-bond acceptors (Lipinski definition) is 5. The quantitative estimate of drug-likeness (QED) is 0.823. The lowest BCUT2D eigenvalue weighted by Gasteiger charge is -2.32. The highest BCUT2D eigenvalue weighted by atomic mass is 35.5. The van der Waals surface area contributed by atoms with Gasteiger partial charge in [0.1, 0.15) is 0 Å². The second kappa shape index (κ2) is 8.10. The van der Waals surface area contributed by atoms with Gasteiger partial charge in [0.15, 0.2) is 0 Å². The van der Waals surface area contributed by atoms with Crippen molar-refractivity contribution in [1.29, 1.82) is 0 Å². The Morgan fingerprint density at radius 2 is 2.09 bits per heavy atom. The average Bonchev–Trinajstić information content (AvgIpc) is 2.54. The zero-order valence-corrected chi connectivity index (χ0v) is 15.2. The molecule has 8 heteroatoms. The molecule has 0 saturated carbocycles. The third-order valence-corrected chi connectivity index (χ3v) is 6.03. The number of carbonyl (C=O) groups is 1. The molecule has 0 radical (unpaired) electrons. The van der Waals surface area contributed by atoms with E-state index >= 15 is 0 Å². The molecule has 0 aliphatic carbocycles. The highest BCUT2D eigenvalue weighted by molar-refractivity contribution is 7.89. The minimum absolute atomic E-state index is 0. The smallest absolute Gasteiger partial charge is 0.337 e. The van der Waals surface area contributed by atoms with E-state index in [2.05, 4.69) is 10.1 Å². The molecular formula is C15H23ClN2O4S. The molecule has 0 amide bonds. The number of carbonyl (C=O) groups excluding carboxylic acids is 1. The molecule has 130 valence electrons. The van der Waals surface area contributed by atoms with Gasteiger partial charge in [0, 0.05) is 19.1 Å². The first-order chi connectivity index (χ1) is 10.4. The van der Waals surface area contributed by atoms with Gasteiger partial charge in [-0.2, -0.15) is 4.31 Å². The molecule has 1 aliphatic heterocycles. The van der Waals surface area contributed by atoms with E-state index in [0.29, 0.717) is 18.7 Å². The molecule has 6 nitrogen and oxygen atoms in total. The number of sulfonamides is 1. The fourth-order valence-corrected chi connectivity index (χ4v) is 4.43. The largest absolute Gasteiger partial charge is 0.465 e. The number of piperidine rings is 1. The minimum atomic E-state index is -3.61.